The fraction of sp³-hybridized carbons (Fsp3) is 0.345. The first-order valence-corrected chi connectivity index (χ1v) is 12.8. The number of carbonyl (C=O) groups excluding carboxylic acids is 3. The Balaban J connectivity index is 1.48. The molecule has 3 atom stereocenters. The molecule has 1 N–H and O–H groups in total. The Kier molecular flexibility index (Phi) is 6.41. The monoisotopic (exact) mass is 562 g/mol. The lowest BCUT2D eigenvalue weighted by atomic mass is 9.67. The van der Waals surface area contributed by atoms with Gasteiger partial charge in [0.2, 0.25) is 0 Å². The molecule has 12 heteroatoms. The number of ketones is 1. The fourth-order valence-corrected chi connectivity index (χ4v) is 5.86. The van der Waals surface area contributed by atoms with Gasteiger partial charge in [0.05, 0.1) is 26.4 Å². The van der Waals surface area contributed by atoms with Crippen molar-refractivity contribution in [2.24, 2.45) is 10.8 Å². The van der Waals surface area contributed by atoms with Gasteiger partial charge in [-0.1, -0.05) is 11.6 Å². The predicted molar refractivity (Wildman–Crippen MR) is 142 cm³/mol. The Labute approximate surface area is 233 Å². The van der Waals surface area contributed by atoms with Gasteiger partial charge < -0.3 is 14.6 Å². The maximum atomic E-state index is 13.5. The van der Waals surface area contributed by atoms with Crippen LogP contribution in [0.4, 0.5) is 11.4 Å². The summed E-state index contributed by atoms with van der Waals surface area (Å²) in [6.45, 7) is 4.59. The van der Waals surface area contributed by atoms with Gasteiger partial charge in [0.15, 0.2) is 5.78 Å². The van der Waals surface area contributed by atoms with Crippen molar-refractivity contribution in [2.75, 3.05) is 6.61 Å². The van der Waals surface area contributed by atoms with Gasteiger partial charge in [-0.25, -0.2) is 9.59 Å². The first-order chi connectivity index (χ1) is 19.2. The smallest absolute Gasteiger partial charge is 0.338 e. The molecule has 2 unspecified atom stereocenters. The number of nitrogens with zero attached hydrogens (tertiary/aromatic N) is 2. The lowest BCUT2D eigenvalue weighted by molar-refractivity contribution is -0.385. The highest BCUT2D eigenvalue weighted by atomic mass is 16.6. The second-order valence-electron chi connectivity index (χ2n) is 11.1. The van der Waals surface area contributed by atoms with Crippen molar-refractivity contribution in [1.29, 1.82) is 0 Å². The van der Waals surface area contributed by atoms with Gasteiger partial charge in [0.25, 0.3) is 11.4 Å². The molecule has 0 aromatic heterocycles. The van der Waals surface area contributed by atoms with Gasteiger partial charge >= 0.3 is 11.9 Å². The minimum Gasteiger partial charge on any atom is -0.461 e. The van der Waals surface area contributed by atoms with Gasteiger partial charge in [0, 0.05) is 40.8 Å². The summed E-state index contributed by atoms with van der Waals surface area (Å²) in [5, 5.41) is 33.2. The maximum absolute atomic E-state index is 13.5. The minimum absolute atomic E-state index is 0.0443. The second kappa shape index (κ2) is 9.44. The van der Waals surface area contributed by atoms with Crippen molar-refractivity contribution >= 4 is 29.1 Å². The molecule has 1 fully saturated rings. The second-order valence-corrected chi connectivity index (χ2v) is 11.1. The van der Waals surface area contributed by atoms with E-state index in [4.69, 9.17) is 9.47 Å². The summed E-state index contributed by atoms with van der Waals surface area (Å²) in [5.41, 5.74) is -2.65. The van der Waals surface area contributed by atoms with Crippen LogP contribution in [0.1, 0.15) is 54.3 Å². The van der Waals surface area contributed by atoms with Crippen LogP contribution >= 0.6 is 0 Å². The summed E-state index contributed by atoms with van der Waals surface area (Å²) in [7, 11) is 0. The molecule has 2 aromatic carbocycles. The molecule has 1 spiro atoms. The molecule has 41 heavy (non-hydrogen) atoms. The number of non-ortho nitro benzene ring substituents is 2. The largest absolute Gasteiger partial charge is 0.461 e. The average molecular weight is 563 g/mol. The number of hydrogen-bond acceptors (Lipinski definition) is 10. The lowest BCUT2D eigenvalue weighted by Gasteiger charge is -2.40. The molecule has 0 radical (unpaired) electrons. The van der Waals surface area contributed by atoms with Gasteiger partial charge in [-0.3, -0.25) is 25.0 Å². The van der Waals surface area contributed by atoms with Crippen LogP contribution < -0.4 is 0 Å². The summed E-state index contributed by atoms with van der Waals surface area (Å²) in [6, 6.07) is 9.72. The Morgan fingerprint density at radius 2 is 1.41 bits per heavy atom. The molecule has 0 amide bonds. The summed E-state index contributed by atoms with van der Waals surface area (Å²) < 4.78 is 11.5. The van der Waals surface area contributed by atoms with Crippen LogP contribution in [-0.2, 0) is 14.3 Å². The third-order valence-electron chi connectivity index (χ3n) is 8.48. The molecule has 0 aliphatic heterocycles. The first kappa shape index (κ1) is 27.8. The Bertz CT molecular complexity index is 1570. The zero-order chi connectivity index (χ0) is 29.9. The van der Waals surface area contributed by atoms with E-state index in [9.17, 15) is 39.7 Å². The Hall–Kier alpha value is -4.71. The average Bonchev–Trinajstić information content (AvgIpc) is 3.71. The number of Topliss-reactive ketones (excluding diaryl/α,β-unsaturated/α-hetero) is 1. The Morgan fingerprint density at radius 1 is 0.927 bits per heavy atom. The molecule has 3 aliphatic rings. The molecule has 0 saturated heterocycles. The molecule has 2 aromatic rings. The standard InChI is InChI=1S/C29H26N2O10/c1-16-22-21(23(32)28(3,35)29(16)12-13-29)14-27(2,15-40-25(33)17-4-8-19(9-5-17)30(36)37)24(22)41-26(34)18-6-10-20(11-7-18)31(38)39/h4-11,14,24,35H,12-13,15H2,1-3H3/t24?,27-,28?/m0/s1. The highest BCUT2D eigenvalue weighted by Gasteiger charge is 2.67. The van der Waals surface area contributed by atoms with Crippen LogP contribution in [0, 0.1) is 31.1 Å². The number of benzene rings is 2. The van der Waals surface area contributed by atoms with E-state index in [1.54, 1.807) is 19.9 Å². The number of nitro benzene ring substituents is 2. The summed E-state index contributed by atoms with van der Waals surface area (Å²) in [4.78, 5) is 60.4. The van der Waals surface area contributed by atoms with E-state index >= 15 is 0 Å². The number of hydrogen-bond donors (Lipinski definition) is 1. The lowest BCUT2D eigenvalue weighted by Crippen LogP contribution is -2.50. The summed E-state index contributed by atoms with van der Waals surface area (Å²) in [6.07, 6.45) is 1.61. The Morgan fingerprint density at radius 3 is 1.88 bits per heavy atom. The number of aliphatic hydroxyl groups is 1. The van der Waals surface area contributed by atoms with Gasteiger partial charge in [0.1, 0.15) is 18.3 Å². The van der Waals surface area contributed by atoms with Gasteiger partial charge in [-0.05, 0) is 57.9 Å². The number of rotatable bonds is 7. The van der Waals surface area contributed by atoms with Crippen LogP contribution in [0.2, 0.25) is 0 Å². The quantitative estimate of drug-likeness (QED) is 0.291. The first-order valence-electron chi connectivity index (χ1n) is 12.8. The van der Waals surface area contributed by atoms with Crippen molar-refractivity contribution < 1.29 is 38.8 Å². The molecule has 3 aliphatic carbocycles. The normalized spacial score (nSPS) is 25.8. The van der Waals surface area contributed by atoms with Crippen LogP contribution in [0.3, 0.4) is 0 Å². The SMILES string of the molecule is CC1=C2C(=C[C@@](C)(COC(=O)c3ccc([N+](=O)[O-])cc3)C2OC(=O)c2ccc([N+](=O)[O-])cc2)C(=O)C(C)(O)C12CC2. The van der Waals surface area contributed by atoms with E-state index in [0.717, 1.165) is 0 Å². The number of ether oxygens (including phenoxy) is 2. The fourth-order valence-electron chi connectivity index (χ4n) is 5.86. The highest BCUT2D eigenvalue weighted by molar-refractivity contribution is 6.09. The van der Waals surface area contributed by atoms with Gasteiger partial charge in [-0.15, -0.1) is 0 Å². The van der Waals surface area contributed by atoms with Crippen LogP contribution in [0.15, 0.2) is 71.3 Å². The summed E-state index contributed by atoms with van der Waals surface area (Å²) >= 11 is 0. The van der Waals surface area contributed by atoms with E-state index in [0.29, 0.717) is 24.0 Å². The number of nitro groups is 2. The zero-order valence-corrected chi connectivity index (χ0v) is 22.4. The van der Waals surface area contributed by atoms with Crippen LogP contribution in [0.25, 0.3) is 0 Å². The molecular formula is C29H26N2O10. The van der Waals surface area contributed by atoms with Crippen molar-refractivity contribution in [3.05, 3.63) is 103 Å². The van der Waals surface area contributed by atoms with Crippen LogP contribution in [0.5, 0.6) is 0 Å². The van der Waals surface area contributed by atoms with E-state index in [1.807, 2.05) is 0 Å². The molecule has 5 rings (SSSR count). The summed E-state index contributed by atoms with van der Waals surface area (Å²) in [5.74, 6) is -2.10. The maximum Gasteiger partial charge on any atom is 0.338 e. The van der Waals surface area contributed by atoms with E-state index in [2.05, 4.69) is 0 Å². The topological polar surface area (TPSA) is 176 Å². The molecule has 0 bridgehead atoms. The molecule has 12 nitrogen and oxygen atoms in total. The number of carbonyl (C=O) groups is 3. The molecule has 1 saturated carbocycles. The van der Waals surface area contributed by atoms with Crippen molar-refractivity contribution in [3.63, 3.8) is 0 Å². The minimum atomic E-state index is -1.67. The van der Waals surface area contributed by atoms with E-state index in [1.165, 1.54) is 55.5 Å². The van der Waals surface area contributed by atoms with Crippen molar-refractivity contribution in [2.45, 2.75) is 45.3 Å². The third kappa shape index (κ3) is 4.40. The molecular weight excluding hydrogens is 536 g/mol. The van der Waals surface area contributed by atoms with Crippen LogP contribution in [-0.4, -0.2) is 51.0 Å². The molecule has 212 valence electrons. The van der Waals surface area contributed by atoms with Crippen molar-refractivity contribution in [3.8, 4) is 0 Å². The number of fused-ring (bicyclic) bond motifs is 1. The highest BCUT2D eigenvalue weighted by Crippen LogP contribution is 2.65. The van der Waals surface area contributed by atoms with E-state index < -0.39 is 50.1 Å². The third-order valence-corrected chi connectivity index (χ3v) is 8.48. The zero-order valence-electron chi connectivity index (χ0n) is 22.4. The van der Waals surface area contributed by atoms with Crippen molar-refractivity contribution in [1.82, 2.24) is 0 Å². The predicted octanol–water partition coefficient (Wildman–Crippen LogP) is 4.26. The van der Waals surface area contributed by atoms with Gasteiger partial charge in [-0.2, -0.15) is 0 Å². The van der Waals surface area contributed by atoms with E-state index in [-0.39, 0.29) is 34.7 Å². The number of esters is 2. The molecule has 0 heterocycles.